The summed E-state index contributed by atoms with van der Waals surface area (Å²) < 4.78 is 0.892. The molecule has 0 fully saturated rings. The molecule has 0 unspecified atom stereocenters. The summed E-state index contributed by atoms with van der Waals surface area (Å²) in [5.41, 5.74) is 0.906. The van der Waals surface area contributed by atoms with Gasteiger partial charge >= 0.3 is 0 Å². The maximum atomic E-state index is 6.23. The number of halogens is 3. The van der Waals surface area contributed by atoms with Crippen LogP contribution in [0.3, 0.4) is 0 Å². The molecule has 0 bridgehead atoms. The van der Waals surface area contributed by atoms with Crippen LogP contribution in [-0.2, 0) is 6.54 Å². The Kier molecular flexibility index (Phi) is 4.50. The first-order chi connectivity index (χ1) is 8.11. The van der Waals surface area contributed by atoms with Crippen molar-refractivity contribution >= 4 is 50.5 Å². The molecule has 0 saturated carbocycles. The first-order valence-corrected chi connectivity index (χ1v) is 7.36. The monoisotopic (exact) mass is 349 g/mol. The van der Waals surface area contributed by atoms with Gasteiger partial charge in [0.15, 0.2) is 0 Å². The van der Waals surface area contributed by atoms with Gasteiger partial charge < -0.3 is 5.32 Å². The predicted octanol–water partition coefficient (Wildman–Crippen LogP) is 5.20. The van der Waals surface area contributed by atoms with E-state index in [0.29, 0.717) is 10.0 Å². The van der Waals surface area contributed by atoms with E-state index in [0.717, 1.165) is 21.5 Å². The molecule has 1 heterocycles. The maximum absolute atomic E-state index is 6.23. The Hall–Kier alpha value is -0.0600. The molecule has 0 aliphatic carbocycles. The molecule has 0 aliphatic heterocycles. The molecule has 2 aromatic rings. The third kappa shape index (κ3) is 3.04. The van der Waals surface area contributed by atoms with Gasteiger partial charge in [0.25, 0.3) is 0 Å². The van der Waals surface area contributed by atoms with Gasteiger partial charge in [-0.3, -0.25) is 0 Å². The van der Waals surface area contributed by atoms with Gasteiger partial charge in [0, 0.05) is 26.3 Å². The molecule has 0 aliphatic rings. The van der Waals surface area contributed by atoms with Gasteiger partial charge in [-0.05, 0) is 31.3 Å². The zero-order valence-electron chi connectivity index (χ0n) is 9.06. The molecular weight excluding hydrogens is 341 g/mol. The van der Waals surface area contributed by atoms with E-state index in [1.54, 1.807) is 11.3 Å². The van der Waals surface area contributed by atoms with E-state index in [2.05, 4.69) is 33.4 Å². The van der Waals surface area contributed by atoms with Crippen molar-refractivity contribution < 1.29 is 0 Å². The van der Waals surface area contributed by atoms with Crippen LogP contribution in [0.4, 0.5) is 0 Å². The molecule has 1 N–H and O–H groups in total. The Bertz CT molecular complexity index is 516. The standard InChI is InChI=1S/C12H10BrCl2NS/c1-16-6-8-2-3-11(17-8)12-9(14)4-7(13)5-10(12)15/h2-5,16H,6H2,1H3. The first-order valence-electron chi connectivity index (χ1n) is 5.00. The van der Waals surface area contributed by atoms with Crippen LogP contribution < -0.4 is 5.32 Å². The fourth-order valence-corrected chi connectivity index (χ4v) is 4.18. The van der Waals surface area contributed by atoms with E-state index in [1.165, 1.54) is 4.88 Å². The van der Waals surface area contributed by atoms with E-state index < -0.39 is 0 Å². The topological polar surface area (TPSA) is 12.0 Å². The summed E-state index contributed by atoms with van der Waals surface area (Å²) in [6.07, 6.45) is 0. The summed E-state index contributed by atoms with van der Waals surface area (Å²) in [5, 5.41) is 4.46. The molecule has 0 atom stereocenters. The van der Waals surface area contributed by atoms with Gasteiger partial charge in [-0.25, -0.2) is 0 Å². The summed E-state index contributed by atoms with van der Waals surface area (Å²) in [7, 11) is 1.93. The zero-order valence-corrected chi connectivity index (χ0v) is 13.0. The SMILES string of the molecule is CNCc1ccc(-c2c(Cl)cc(Br)cc2Cl)s1. The predicted molar refractivity (Wildman–Crippen MR) is 80.2 cm³/mol. The van der Waals surface area contributed by atoms with Crippen LogP contribution in [0.15, 0.2) is 28.7 Å². The van der Waals surface area contributed by atoms with E-state index in [1.807, 2.05) is 19.2 Å². The largest absolute Gasteiger partial charge is 0.315 e. The summed E-state index contributed by atoms with van der Waals surface area (Å²) in [4.78, 5) is 2.36. The van der Waals surface area contributed by atoms with Gasteiger partial charge in [0.1, 0.15) is 0 Å². The Morgan fingerprint density at radius 1 is 1.24 bits per heavy atom. The van der Waals surface area contributed by atoms with Crippen LogP contribution in [0, 0.1) is 0 Å². The first kappa shape index (κ1) is 13.4. The normalized spacial score (nSPS) is 10.8. The molecule has 0 spiro atoms. The molecule has 0 saturated heterocycles. The number of hydrogen-bond donors (Lipinski definition) is 1. The Morgan fingerprint density at radius 2 is 1.88 bits per heavy atom. The van der Waals surface area contributed by atoms with Crippen molar-refractivity contribution in [2.24, 2.45) is 0 Å². The molecule has 5 heteroatoms. The summed E-state index contributed by atoms with van der Waals surface area (Å²) in [6.45, 7) is 0.858. The quantitative estimate of drug-likeness (QED) is 0.801. The third-order valence-corrected chi connectivity index (χ3v) is 4.42. The molecule has 0 amide bonds. The zero-order chi connectivity index (χ0) is 12.4. The van der Waals surface area contributed by atoms with Crippen LogP contribution in [0.1, 0.15) is 4.88 Å². The van der Waals surface area contributed by atoms with Crippen molar-refractivity contribution in [1.29, 1.82) is 0 Å². The lowest BCUT2D eigenvalue weighted by Crippen LogP contribution is -2.02. The second kappa shape index (κ2) is 5.72. The van der Waals surface area contributed by atoms with Crippen molar-refractivity contribution in [3.8, 4) is 10.4 Å². The number of rotatable bonds is 3. The highest BCUT2D eigenvalue weighted by Gasteiger charge is 2.12. The highest BCUT2D eigenvalue weighted by Crippen LogP contribution is 2.40. The number of thiophene rings is 1. The van der Waals surface area contributed by atoms with E-state index >= 15 is 0 Å². The fraction of sp³-hybridized carbons (Fsp3) is 0.167. The highest BCUT2D eigenvalue weighted by atomic mass is 79.9. The molecule has 17 heavy (non-hydrogen) atoms. The lowest BCUT2D eigenvalue weighted by Gasteiger charge is -2.05. The highest BCUT2D eigenvalue weighted by molar-refractivity contribution is 9.10. The van der Waals surface area contributed by atoms with Crippen molar-refractivity contribution in [3.63, 3.8) is 0 Å². The minimum Gasteiger partial charge on any atom is -0.315 e. The minimum absolute atomic E-state index is 0.669. The van der Waals surface area contributed by atoms with Gasteiger partial charge in [0.2, 0.25) is 0 Å². The molecule has 90 valence electrons. The summed E-state index contributed by atoms with van der Waals surface area (Å²) in [5.74, 6) is 0. The number of hydrogen-bond acceptors (Lipinski definition) is 2. The molecule has 1 nitrogen and oxygen atoms in total. The second-order valence-electron chi connectivity index (χ2n) is 3.54. The Labute approximate surface area is 123 Å². The molecule has 1 aromatic carbocycles. The summed E-state index contributed by atoms with van der Waals surface area (Å²) in [6, 6.07) is 7.87. The Morgan fingerprint density at radius 3 is 2.47 bits per heavy atom. The van der Waals surface area contributed by atoms with Gasteiger partial charge in [-0.2, -0.15) is 0 Å². The maximum Gasteiger partial charge on any atom is 0.0518 e. The van der Waals surface area contributed by atoms with Crippen LogP contribution in [-0.4, -0.2) is 7.05 Å². The van der Waals surface area contributed by atoms with Crippen molar-refractivity contribution in [2.75, 3.05) is 7.05 Å². The fourth-order valence-electron chi connectivity index (χ4n) is 1.56. The average molecular weight is 351 g/mol. The van der Waals surface area contributed by atoms with Gasteiger partial charge in [-0.1, -0.05) is 39.1 Å². The van der Waals surface area contributed by atoms with E-state index in [9.17, 15) is 0 Å². The Balaban J connectivity index is 2.45. The van der Waals surface area contributed by atoms with Crippen LogP contribution in [0.2, 0.25) is 10.0 Å². The second-order valence-corrected chi connectivity index (χ2v) is 6.44. The number of benzene rings is 1. The summed E-state index contributed by atoms with van der Waals surface area (Å²) >= 11 is 17.5. The molecule has 1 aromatic heterocycles. The van der Waals surface area contributed by atoms with Crippen molar-refractivity contribution in [2.45, 2.75) is 6.54 Å². The van der Waals surface area contributed by atoms with Crippen molar-refractivity contribution in [3.05, 3.63) is 43.7 Å². The van der Waals surface area contributed by atoms with Crippen LogP contribution >= 0.6 is 50.5 Å². The minimum atomic E-state index is 0.669. The average Bonchev–Trinajstić information content (AvgIpc) is 2.65. The van der Waals surface area contributed by atoms with Crippen molar-refractivity contribution in [1.82, 2.24) is 5.32 Å². The molecular formula is C12H10BrCl2NS. The smallest absolute Gasteiger partial charge is 0.0518 e. The van der Waals surface area contributed by atoms with Gasteiger partial charge in [-0.15, -0.1) is 11.3 Å². The number of nitrogens with one attached hydrogen (secondary N) is 1. The molecule has 2 rings (SSSR count). The van der Waals surface area contributed by atoms with Crippen LogP contribution in [0.25, 0.3) is 10.4 Å². The van der Waals surface area contributed by atoms with E-state index in [-0.39, 0.29) is 0 Å². The molecule has 0 radical (unpaired) electrons. The van der Waals surface area contributed by atoms with Crippen LogP contribution in [0.5, 0.6) is 0 Å². The van der Waals surface area contributed by atoms with E-state index in [4.69, 9.17) is 23.2 Å². The third-order valence-electron chi connectivity index (χ3n) is 2.27. The lowest BCUT2D eigenvalue weighted by molar-refractivity contribution is 0.831. The lowest BCUT2D eigenvalue weighted by atomic mass is 10.2. The van der Waals surface area contributed by atoms with Gasteiger partial charge in [0.05, 0.1) is 10.0 Å².